The summed E-state index contributed by atoms with van der Waals surface area (Å²) in [5, 5.41) is 4.84. The van der Waals surface area contributed by atoms with Gasteiger partial charge in [-0.1, -0.05) is 11.8 Å². The highest BCUT2D eigenvalue weighted by Crippen LogP contribution is 2.35. The number of benzene rings is 1. The molecule has 1 aliphatic rings. The maximum absolute atomic E-state index is 13.4. The Morgan fingerprint density at radius 2 is 1.83 bits per heavy atom. The van der Waals surface area contributed by atoms with Crippen molar-refractivity contribution in [2.45, 2.75) is 37.3 Å². The molecule has 0 spiro atoms. The summed E-state index contributed by atoms with van der Waals surface area (Å²) in [4.78, 5) is 25.8. The first-order chi connectivity index (χ1) is 16.9. The Morgan fingerprint density at radius 1 is 1.09 bits per heavy atom. The standard InChI is InChI=1S/C23H24F3N5O3S/c24-23(25,26)34-19-6-4-18(5-7-19)33-13-17-3-2-16(8-11-35-22-28-9-1-10-29-22)21(32)20(17)12-31-15-27-14-30-31/h1,4-7,9-10,14-17,20H,2-3,8,11-13H2/t16-,17-,20-/m0/s1. The molecule has 2 heterocycles. The largest absolute Gasteiger partial charge is 0.573 e. The molecule has 1 aliphatic carbocycles. The van der Waals surface area contributed by atoms with Crippen LogP contribution in [0.15, 0.2) is 60.5 Å². The third kappa shape index (κ3) is 7.41. The molecule has 0 radical (unpaired) electrons. The van der Waals surface area contributed by atoms with E-state index in [2.05, 4.69) is 24.8 Å². The number of thioether (sulfide) groups is 1. The molecular formula is C23H24F3N5O3S. The summed E-state index contributed by atoms with van der Waals surface area (Å²) in [6.07, 6.45) is 3.90. The minimum absolute atomic E-state index is 0.0563. The summed E-state index contributed by atoms with van der Waals surface area (Å²) >= 11 is 1.53. The molecule has 2 aromatic heterocycles. The number of alkyl halides is 3. The van der Waals surface area contributed by atoms with Gasteiger partial charge in [0.2, 0.25) is 0 Å². The predicted molar refractivity (Wildman–Crippen MR) is 121 cm³/mol. The van der Waals surface area contributed by atoms with Crippen molar-refractivity contribution in [3.8, 4) is 11.5 Å². The maximum Gasteiger partial charge on any atom is 0.573 e. The minimum Gasteiger partial charge on any atom is -0.493 e. The van der Waals surface area contributed by atoms with Crippen molar-refractivity contribution in [3.05, 3.63) is 55.4 Å². The van der Waals surface area contributed by atoms with Gasteiger partial charge in [0.1, 0.15) is 29.9 Å². The molecule has 0 amide bonds. The third-order valence-electron chi connectivity index (χ3n) is 5.83. The van der Waals surface area contributed by atoms with E-state index in [4.69, 9.17) is 4.74 Å². The van der Waals surface area contributed by atoms with Crippen LogP contribution < -0.4 is 9.47 Å². The molecule has 1 fully saturated rings. The summed E-state index contributed by atoms with van der Waals surface area (Å²) in [5.74, 6) is 0.569. The van der Waals surface area contributed by atoms with E-state index in [-0.39, 0.29) is 35.9 Å². The molecule has 0 aliphatic heterocycles. The van der Waals surface area contributed by atoms with Gasteiger partial charge < -0.3 is 9.47 Å². The van der Waals surface area contributed by atoms with E-state index < -0.39 is 6.36 Å². The van der Waals surface area contributed by atoms with Crippen molar-refractivity contribution >= 4 is 17.5 Å². The normalized spacial score (nSPS) is 20.5. The average Bonchev–Trinajstić information content (AvgIpc) is 3.35. The van der Waals surface area contributed by atoms with Crippen molar-refractivity contribution < 1.29 is 27.4 Å². The van der Waals surface area contributed by atoms with Gasteiger partial charge in [-0.05, 0) is 49.6 Å². The Bertz CT molecular complexity index is 1070. The molecule has 1 aromatic carbocycles. The second kappa shape index (κ2) is 11.5. The van der Waals surface area contributed by atoms with Crippen LogP contribution in [0.5, 0.6) is 11.5 Å². The van der Waals surface area contributed by atoms with E-state index in [0.717, 1.165) is 25.0 Å². The second-order valence-electron chi connectivity index (χ2n) is 8.16. The Morgan fingerprint density at radius 3 is 2.51 bits per heavy atom. The van der Waals surface area contributed by atoms with Gasteiger partial charge in [0.15, 0.2) is 5.16 Å². The fourth-order valence-corrected chi connectivity index (χ4v) is 5.00. The molecule has 12 heteroatoms. The van der Waals surface area contributed by atoms with Gasteiger partial charge in [0, 0.05) is 35.9 Å². The second-order valence-corrected chi connectivity index (χ2v) is 9.22. The van der Waals surface area contributed by atoms with E-state index in [1.165, 1.54) is 42.4 Å². The van der Waals surface area contributed by atoms with Gasteiger partial charge in [-0.2, -0.15) is 5.10 Å². The lowest BCUT2D eigenvalue weighted by atomic mass is 9.72. The van der Waals surface area contributed by atoms with Crippen molar-refractivity contribution in [2.75, 3.05) is 12.4 Å². The summed E-state index contributed by atoms with van der Waals surface area (Å²) in [6.45, 7) is 0.667. The molecule has 0 N–H and O–H groups in total. The van der Waals surface area contributed by atoms with Gasteiger partial charge in [-0.3, -0.25) is 9.48 Å². The molecule has 0 unspecified atom stereocenters. The zero-order valence-electron chi connectivity index (χ0n) is 18.7. The lowest BCUT2D eigenvalue weighted by Gasteiger charge is -2.34. The van der Waals surface area contributed by atoms with E-state index in [9.17, 15) is 18.0 Å². The molecule has 4 rings (SSSR count). The van der Waals surface area contributed by atoms with E-state index >= 15 is 0 Å². The Balaban J connectivity index is 1.35. The van der Waals surface area contributed by atoms with Crippen LogP contribution in [0.1, 0.15) is 19.3 Å². The first-order valence-electron chi connectivity index (χ1n) is 11.1. The summed E-state index contributed by atoms with van der Waals surface area (Å²) in [7, 11) is 0. The van der Waals surface area contributed by atoms with Crippen LogP contribution in [0.25, 0.3) is 0 Å². The van der Waals surface area contributed by atoms with Crippen LogP contribution in [0, 0.1) is 17.8 Å². The number of halogens is 3. The molecule has 1 saturated carbocycles. The highest BCUT2D eigenvalue weighted by molar-refractivity contribution is 7.99. The van der Waals surface area contributed by atoms with E-state index in [1.807, 2.05) is 0 Å². The quantitative estimate of drug-likeness (QED) is 0.294. The number of carbonyl (C=O) groups excluding carboxylic acids is 1. The third-order valence-corrected chi connectivity index (χ3v) is 6.74. The summed E-state index contributed by atoms with van der Waals surface area (Å²) in [6, 6.07) is 7.00. The highest BCUT2D eigenvalue weighted by Gasteiger charge is 2.38. The fourth-order valence-electron chi connectivity index (χ4n) is 4.14. The number of carbonyl (C=O) groups is 1. The minimum atomic E-state index is -4.75. The Labute approximate surface area is 204 Å². The lowest BCUT2D eigenvalue weighted by Crippen LogP contribution is -2.40. The van der Waals surface area contributed by atoms with Crippen LogP contribution >= 0.6 is 11.8 Å². The number of nitrogens with zero attached hydrogens (tertiary/aromatic N) is 5. The van der Waals surface area contributed by atoms with Gasteiger partial charge >= 0.3 is 6.36 Å². The first kappa shape index (κ1) is 25.0. The molecule has 3 aromatic rings. The summed E-state index contributed by atoms with van der Waals surface area (Å²) in [5.41, 5.74) is 0. The number of aromatic nitrogens is 5. The fraction of sp³-hybridized carbons (Fsp3) is 0.435. The molecule has 186 valence electrons. The summed E-state index contributed by atoms with van der Waals surface area (Å²) < 4.78 is 48.5. The average molecular weight is 508 g/mol. The number of ether oxygens (including phenoxy) is 2. The number of Topliss-reactive ketones (excluding diaryl/α,β-unsaturated/α-hetero) is 1. The van der Waals surface area contributed by atoms with E-state index in [1.54, 1.807) is 29.5 Å². The van der Waals surface area contributed by atoms with E-state index in [0.29, 0.717) is 17.5 Å². The van der Waals surface area contributed by atoms with Crippen LogP contribution in [0.3, 0.4) is 0 Å². The zero-order chi connectivity index (χ0) is 24.7. The molecule has 35 heavy (non-hydrogen) atoms. The van der Waals surface area contributed by atoms with Crippen molar-refractivity contribution in [2.24, 2.45) is 17.8 Å². The Kier molecular flexibility index (Phi) is 8.21. The molecule has 3 atom stereocenters. The number of ketones is 1. The Hall–Kier alpha value is -3.15. The SMILES string of the molecule is O=C1[C@H](CCSc2ncccn2)CC[C@@H](COc2ccc(OC(F)(F)F)cc2)[C@@H]1Cn1cncn1. The lowest BCUT2D eigenvalue weighted by molar-refractivity contribution is -0.274. The van der Waals surface area contributed by atoms with Crippen molar-refractivity contribution in [1.29, 1.82) is 0 Å². The zero-order valence-corrected chi connectivity index (χ0v) is 19.5. The molecule has 8 nitrogen and oxygen atoms in total. The van der Waals surface area contributed by atoms with Gasteiger partial charge in [-0.15, -0.1) is 13.2 Å². The smallest absolute Gasteiger partial charge is 0.493 e. The highest BCUT2D eigenvalue weighted by atomic mass is 32.2. The predicted octanol–water partition coefficient (Wildman–Crippen LogP) is 4.44. The van der Waals surface area contributed by atoms with Gasteiger partial charge in [0.25, 0.3) is 0 Å². The number of rotatable bonds is 10. The molecular weight excluding hydrogens is 483 g/mol. The van der Waals surface area contributed by atoms with Gasteiger partial charge in [0.05, 0.1) is 13.2 Å². The van der Waals surface area contributed by atoms with Crippen LogP contribution in [-0.4, -0.2) is 49.2 Å². The van der Waals surface area contributed by atoms with Crippen LogP contribution in [0.2, 0.25) is 0 Å². The molecule has 0 saturated heterocycles. The topological polar surface area (TPSA) is 92.0 Å². The first-order valence-corrected chi connectivity index (χ1v) is 12.1. The van der Waals surface area contributed by atoms with Crippen LogP contribution in [-0.2, 0) is 11.3 Å². The number of hydrogen-bond acceptors (Lipinski definition) is 8. The van der Waals surface area contributed by atoms with Gasteiger partial charge in [-0.25, -0.2) is 15.0 Å². The van der Waals surface area contributed by atoms with Crippen molar-refractivity contribution in [3.63, 3.8) is 0 Å². The van der Waals surface area contributed by atoms with Crippen molar-refractivity contribution in [1.82, 2.24) is 24.7 Å². The monoisotopic (exact) mass is 507 g/mol. The molecule has 0 bridgehead atoms. The number of hydrogen-bond donors (Lipinski definition) is 0. The van der Waals surface area contributed by atoms with Crippen LogP contribution in [0.4, 0.5) is 13.2 Å². The maximum atomic E-state index is 13.4.